The Bertz CT molecular complexity index is 1190. The summed E-state index contributed by atoms with van der Waals surface area (Å²) in [6.07, 6.45) is -2.41. The molecule has 1 heterocycles. The Morgan fingerprint density at radius 1 is 1.27 bits per heavy atom. The van der Waals surface area contributed by atoms with Gasteiger partial charge in [-0.3, -0.25) is 4.79 Å². The number of amides is 1. The molecule has 3 rings (SSSR count). The number of hydrazone groups is 1. The molecule has 0 aliphatic carbocycles. The average Bonchev–Trinajstić information content (AvgIpc) is 2.74. The molecule has 0 aliphatic rings. The maximum Gasteiger partial charge on any atom is 0.427 e. The molecule has 11 heteroatoms. The van der Waals surface area contributed by atoms with E-state index in [1.807, 2.05) is 0 Å². The quantitative estimate of drug-likeness (QED) is 0.356. The number of aromatic amines is 1. The highest BCUT2D eigenvalue weighted by Gasteiger charge is 2.24. The molecule has 1 amide bonds. The maximum absolute atomic E-state index is 12.7. The number of nitrogens with zero attached hydrogens (tertiary/aromatic N) is 2. The lowest BCUT2D eigenvalue weighted by Gasteiger charge is -2.15. The minimum Gasteiger partial charge on any atom is -0.504 e. The number of phenols is 1. The molecule has 0 spiro atoms. The molecular weight excluding hydrogens is 416 g/mol. The zero-order valence-corrected chi connectivity index (χ0v) is 16.6. The first-order valence-corrected chi connectivity index (χ1v) is 8.88. The van der Waals surface area contributed by atoms with E-state index in [1.54, 1.807) is 12.1 Å². The molecule has 3 aromatic rings. The fraction of sp³-hybridized carbons (Fsp3) is 0.158. The summed E-state index contributed by atoms with van der Waals surface area (Å²) in [6, 6.07) is 8.78. The molecular formula is C19H17ClN4O6. The van der Waals surface area contributed by atoms with Crippen molar-refractivity contribution in [2.24, 2.45) is 5.10 Å². The normalized spacial score (nSPS) is 12.5. The molecule has 0 saturated heterocycles. The Kier molecular flexibility index (Phi) is 6.19. The second-order valence-electron chi connectivity index (χ2n) is 6.01. The first kappa shape index (κ1) is 21.1. The van der Waals surface area contributed by atoms with Gasteiger partial charge in [0, 0.05) is 5.02 Å². The lowest BCUT2D eigenvalue weighted by molar-refractivity contribution is 0.171. The number of hydrogen-bond donors (Lipinski definition) is 4. The van der Waals surface area contributed by atoms with Gasteiger partial charge in [0.25, 0.3) is 5.56 Å². The molecule has 4 N–H and O–H groups in total. The summed E-state index contributed by atoms with van der Waals surface area (Å²) in [5.74, 6) is -0.0416. The molecule has 156 valence electrons. The summed E-state index contributed by atoms with van der Waals surface area (Å²) < 4.78 is 9.52. The van der Waals surface area contributed by atoms with Gasteiger partial charge in [-0.15, -0.1) is 0 Å². The summed E-state index contributed by atoms with van der Waals surface area (Å²) in [6.45, 7) is 0. The van der Waals surface area contributed by atoms with Crippen LogP contribution in [-0.4, -0.2) is 46.2 Å². The van der Waals surface area contributed by atoms with Crippen molar-refractivity contribution in [3.8, 4) is 11.5 Å². The van der Waals surface area contributed by atoms with Crippen LogP contribution in [-0.2, 0) is 4.74 Å². The van der Waals surface area contributed by atoms with Gasteiger partial charge in [-0.25, -0.2) is 15.2 Å². The van der Waals surface area contributed by atoms with Crippen LogP contribution in [0.15, 0.2) is 46.3 Å². The first-order chi connectivity index (χ1) is 14.3. The predicted molar refractivity (Wildman–Crippen MR) is 109 cm³/mol. The summed E-state index contributed by atoms with van der Waals surface area (Å²) in [5, 5.41) is 24.9. The Balaban J connectivity index is 2.15. The summed E-state index contributed by atoms with van der Waals surface area (Å²) in [4.78, 5) is 31.0. The second kappa shape index (κ2) is 8.80. The van der Waals surface area contributed by atoms with Gasteiger partial charge < -0.3 is 24.7 Å². The zero-order valence-electron chi connectivity index (χ0n) is 15.8. The number of carbonyl (C=O) groups excluding carboxylic acids is 1. The number of aliphatic hydroxyl groups is 1. The third-order valence-corrected chi connectivity index (χ3v) is 4.36. The van der Waals surface area contributed by atoms with E-state index in [0.29, 0.717) is 16.1 Å². The van der Waals surface area contributed by atoms with Crippen LogP contribution in [0.1, 0.15) is 17.4 Å². The van der Waals surface area contributed by atoms with Gasteiger partial charge >= 0.3 is 6.09 Å². The smallest absolute Gasteiger partial charge is 0.427 e. The van der Waals surface area contributed by atoms with Crippen molar-refractivity contribution in [2.75, 3.05) is 14.2 Å². The Hall–Kier alpha value is -3.63. The minimum atomic E-state index is -1.50. The highest BCUT2D eigenvalue weighted by molar-refractivity contribution is 6.31. The number of carbonyl (C=O) groups is 1. The third kappa shape index (κ3) is 4.34. The molecule has 10 nitrogen and oxygen atoms in total. The van der Waals surface area contributed by atoms with Crippen LogP contribution in [0.2, 0.25) is 5.02 Å². The standard InChI is InChI=1S/C19H17ClN4O6/c1-29-14-7-9(3-6-13(14)25)17(26)15(23-24-19(28)30-2)16-18(27)22-12-8-10(20)4-5-11(12)21-16/h3-8,17,25-26H,1-2H3,(H,22,27)(H,24,28)/b23-15+/t17-/m0/s1. The van der Waals surface area contributed by atoms with Gasteiger partial charge in [0.05, 0.1) is 25.3 Å². The number of hydrogen-bond acceptors (Lipinski definition) is 8. The number of H-pyrrole nitrogens is 1. The fourth-order valence-electron chi connectivity index (χ4n) is 2.65. The number of methoxy groups -OCH3 is 2. The van der Waals surface area contributed by atoms with Gasteiger partial charge in [-0.2, -0.15) is 5.10 Å². The average molecular weight is 433 g/mol. The molecule has 2 aromatic carbocycles. The van der Waals surface area contributed by atoms with E-state index < -0.39 is 17.8 Å². The van der Waals surface area contributed by atoms with Crippen molar-refractivity contribution in [2.45, 2.75) is 6.10 Å². The van der Waals surface area contributed by atoms with E-state index in [0.717, 1.165) is 7.11 Å². The molecule has 0 aliphatic heterocycles. The Morgan fingerprint density at radius 3 is 2.73 bits per heavy atom. The van der Waals surface area contributed by atoms with Crippen LogP contribution in [0.3, 0.4) is 0 Å². The van der Waals surface area contributed by atoms with Crippen LogP contribution in [0.4, 0.5) is 4.79 Å². The second-order valence-corrected chi connectivity index (χ2v) is 6.45. The monoisotopic (exact) mass is 432 g/mol. The van der Waals surface area contributed by atoms with Crippen molar-refractivity contribution in [3.63, 3.8) is 0 Å². The molecule has 1 atom stereocenters. The third-order valence-electron chi connectivity index (χ3n) is 4.13. The number of ether oxygens (including phenoxy) is 2. The molecule has 0 saturated carbocycles. The number of aromatic nitrogens is 2. The molecule has 1 aromatic heterocycles. The van der Waals surface area contributed by atoms with E-state index in [9.17, 15) is 19.8 Å². The van der Waals surface area contributed by atoms with E-state index in [1.165, 1.54) is 31.4 Å². The van der Waals surface area contributed by atoms with E-state index in [-0.39, 0.29) is 28.5 Å². The number of phenolic OH excluding ortho intramolecular Hbond substituents is 1. The first-order valence-electron chi connectivity index (χ1n) is 8.50. The fourth-order valence-corrected chi connectivity index (χ4v) is 2.82. The van der Waals surface area contributed by atoms with Gasteiger partial charge in [0.2, 0.25) is 0 Å². The Labute approximate surface area is 174 Å². The lowest BCUT2D eigenvalue weighted by Crippen LogP contribution is -2.29. The predicted octanol–water partition coefficient (Wildman–Crippen LogP) is 2.08. The number of nitrogens with one attached hydrogen (secondary N) is 2. The summed E-state index contributed by atoms with van der Waals surface area (Å²) >= 11 is 5.94. The van der Waals surface area contributed by atoms with E-state index in [2.05, 4.69) is 25.2 Å². The van der Waals surface area contributed by atoms with E-state index in [4.69, 9.17) is 16.3 Å². The lowest BCUT2D eigenvalue weighted by atomic mass is 10.0. The van der Waals surface area contributed by atoms with Crippen LogP contribution >= 0.6 is 11.6 Å². The van der Waals surface area contributed by atoms with Crippen LogP contribution in [0.5, 0.6) is 11.5 Å². The van der Waals surface area contributed by atoms with Crippen molar-refractivity contribution < 1.29 is 24.5 Å². The minimum absolute atomic E-state index is 0.0989. The summed E-state index contributed by atoms with van der Waals surface area (Å²) in [5.41, 5.74) is 1.92. The van der Waals surface area contributed by atoms with E-state index >= 15 is 0 Å². The highest BCUT2D eigenvalue weighted by atomic mass is 35.5. The number of benzene rings is 2. The molecule has 30 heavy (non-hydrogen) atoms. The number of aliphatic hydroxyl groups excluding tert-OH is 1. The zero-order chi connectivity index (χ0) is 21.8. The topological polar surface area (TPSA) is 146 Å². The molecule has 0 unspecified atom stereocenters. The number of rotatable bonds is 5. The van der Waals surface area contributed by atoms with Crippen LogP contribution in [0.25, 0.3) is 11.0 Å². The molecule has 0 radical (unpaired) electrons. The van der Waals surface area contributed by atoms with Crippen LogP contribution in [0, 0.1) is 0 Å². The number of aromatic hydroxyl groups is 1. The Morgan fingerprint density at radius 2 is 2.03 bits per heavy atom. The SMILES string of the molecule is COC(=O)N/N=C(\c1nc2ccc(Cl)cc2[nH]c1=O)[C@@H](O)c1ccc(O)c(OC)c1. The van der Waals surface area contributed by atoms with Gasteiger partial charge in [-0.05, 0) is 35.9 Å². The van der Waals surface area contributed by atoms with Gasteiger partial charge in [0.1, 0.15) is 11.8 Å². The summed E-state index contributed by atoms with van der Waals surface area (Å²) in [7, 11) is 2.48. The largest absolute Gasteiger partial charge is 0.504 e. The van der Waals surface area contributed by atoms with Crippen molar-refractivity contribution in [1.29, 1.82) is 0 Å². The van der Waals surface area contributed by atoms with Crippen molar-refractivity contribution in [3.05, 3.63) is 63.0 Å². The van der Waals surface area contributed by atoms with Crippen LogP contribution < -0.4 is 15.7 Å². The van der Waals surface area contributed by atoms with Crippen molar-refractivity contribution >= 4 is 34.4 Å². The number of fused-ring (bicyclic) bond motifs is 1. The maximum atomic E-state index is 12.7. The molecule has 0 fully saturated rings. The van der Waals surface area contributed by atoms with Crippen molar-refractivity contribution in [1.82, 2.24) is 15.4 Å². The highest BCUT2D eigenvalue weighted by Crippen LogP contribution is 2.30. The van der Waals surface area contributed by atoms with Gasteiger partial charge in [0.15, 0.2) is 17.2 Å². The van der Waals surface area contributed by atoms with Gasteiger partial charge in [-0.1, -0.05) is 17.7 Å². The molecule has 0 bridgehead atoms. The number of halogens is 1.